The molecule has 1 aliphatic rings. The minimum atomic E-state index is -0.405. The highest BCUT2D eigenvalue weighted by Crippen LogP contribution is 2.48. The van der Waals surface area contributed by atoms with Crippen molar-refractivity contribution in [1.82, 2.24) is 0 Å². The van der Waals surface area contributed by atoms with Gasteiger partial charge in [0.25, 0.3) is 0 Å². The van der Waals surface area contributed by atoms with E-state index in [4.69, 9.17) is 4.84 Å². The van der Waals surface area contributed by atoms with Crippen LogP contribution in [0.25, 0.3) is 0 Å². The van der Waals surface area contributed by atoms with Gasteiger partial charge in [0.15, 0.2) is 0 Å². The van der Waals surface area contributed by atoms with Crippen molar-refractivity contribution in [3.63, 3.8) is 0 Å². The van der Waals surface area contributed by atoms with Crippen molar-refractivity contribution < 1.29 is 9.63 Å². The fraction of sp³-hybridized carbons (Fsp3) is 0.364. The normalized spacial score (nSPS) is 19.8. The van der Waals surface area contributed by atoms with Crippen molar-refractivity contribution in [2.75, 3.05) is 0 Å². The van der Waals surface area contributed by atoms with E-state index >= 15 is 0 Å². The summed E-state index contributed by atoms with van der Waals surface area (Å²) >= 11 is 0. The molecule has 0 radical (unpaired) electrons. The van der Waals surface area contributed by atoms with Crippen molar-refractivity contribution in [2.45, 2.75) is 46.0 Å². The second kappa shape index (κ2) is 7.22. The number of carbonyl (C=O) groups excluding carboxylic acids is 1. The lowest BCUT2D eigenvalue weighted by Gasteiger charge is -2.06. The maximum Gasteiger partial charge on any atom is 0.365 e. The van der Waals surface area contributed by atoms with E-state index in [1.807, 2.05) is 26.0 Å². The molecule has 1 aliphatic carbocycles. The van der Waals surface area contributed by atoms with Gasteiger partial charge in [-0.3, -0.25) is 0 Å². The van der Waals surface area contributed by atoms with Gasteiger partial charge in [-0.1, -0.05) is 61.0 Å². The van der Waals surface area contributed by atoms with Gasteiger partial charge >= 0.3 is 5.97 Å². The summed E-state index contributed by atoms with van der Waals surface area (Å²) in [5.41, 5.74) is 5.23. The van der Waals surface area contributed by atoms with Crippen LogP contribution in [0.4, 0.5) is 0 Å². The molecule has 3 rings (SSSR count). The number of oxime groups is 1. The van der Waals surface area contributed by atoms with Gasteiger partial charge in [0.05, 0.1) is 11.3 Å². The van der Waals surface area contributed by atoms with Gasteiger partial charge in [-0.2, -0.15) is 0 Å². The molecule has 3 nitrogen and oxygen atoms in total. The van der Waals surface area contributed by atoms with Gasteiger partial charge in [-0.15, -0.1) is 0 Å². The predicted molar refractivity (Wildman–Crippen MR) is 101 cm³/mol. The summed E-state index contributed by atoms with van der Waals surface area (Å²) in [6.45, 7) is 8.33. The first-order valence-corrected chi connectivity index (χ1v) is 8.88. The van der Waals surface area contributed by atoms with E-state index in [9.17, 15) is 4.79 Å². The molecule has 0 N–H and O–H groups in total. The minimum absolute atomic E-state index is 0.371. The van der Waals surface area contributed by atoms with E-state index < -0.39 is 5.97 Å². The fourth-order valence-corrected chi connectivity index (χ4v) is 3.08. The molecule has 0 heterocycles. The molecule has 25 heavy (non-hydrogen) atoms. The smallest absolute Gasteiger partial charge is 0.313 e. The Morgan fingerprint density at radius 3 is 2.32 bits per heavy atom. The first-order chi connectivity index (χ1) is 12.0. The molecule has 3 heteroatoms. The molecule has 0 aliphatic heterocycles. The van der Waals surface area contributed by atoms with Crippen LogP contribution in [0.3, 0.4) is 0 Å². The molecule has 0 spiro atoms. The first kappa shape index (κ1) is 17.4. The Bertz CT molecular complexity index is 773. The van der Waals surface area contributed by atoms with E-state index in [0.717, 1.165) is 17.7 Å². The van der Waals surface area contributed by atoms with E-state index in [2.05, 4.69) is 43.3 Å². The molecule has 1 fully saturated rings. The average Bonchev–Trinajstić information content (AvgIpc) is 3.41. The monoisotopic (exact) mass is 335 g/mol. The zero-order chi connectivity index (χ0) is 18.0. The molecule has 2 aromatic rings. The molecule has 0 amide bonds. The van der Waals surface area contributed by atoms with Crippen molar-refractivity contribution in [3.8, 4) is 0 Å². The Hall–Kier alpha value is -2.42. The summed E-state index contributed by atoms with van der Waals surface area (Å²) in [6, 6.07) is 16.2. The number of rotatable bonds is 5. The van der Waals surface area contributed by atoms with Gasteiger partial charge in [0.2, 0.25) is 0 Å². The molecule has 0 saturated heterocycles. The fourth-order valence-electron chi connectivity index (χ4n) is 3.08. The summed E-state index contributed by atoms with van der Waals surface area (Å²) in [6.07, 6.45) is 1.07. The summed E-state index contributed by atoms with van der Waals surface area (Å²) in [5, 5.41) is 4.07. The summed E-state index contributed by atoms with van der Waals surface area (Å²) in [7, 11) is 0. The van der Waals surface area contributed by atoms with Crippen molar-refractivity contribution in [3.05, 3.63) is 70.8 Å². The summed E-state index contributed by atoms with van der Waals surface area (Å²) in [5.74, 6) is 1.00. The molecule has 2 atom stereocenters. The number of aryl methyl sites for hydroxylation is 1. The Labute approximate surface area is 149 Å². The predicted octanol–water partition coefficient (Wildman–Crippen LogP) is 5.45. The number of hydrogen-bond acceptors (Lipinski definition) is 3. The van der Waals surface area contributed by atoms with Crippen LogP contribution in [-0.4, -0.2) is 11.7 Å². The van der Waals surface area contributed by atoms with Gasteiger partial charge < -0.3 is 4.84 Å². The van der Waals surface area contributed by atoms with Gasteiger partial charge in [-0.05, 0) is 55.4 Å². The van der Waals surface area contributed by atoms with Crippen LogP contribution < -0.4 is 0 Å². The zero-order valence-electron chi connectivity index (χ0n) is 15.3. The molecule has 0 aromatic heterocycles. The van der Waals surface area contributed by atoms with Crippen LogP contribution in [0.1, 0.15) is 66.1 Å². The maximum absolute atomic E-state index is 12.0. The summed E-state index contributed by atoms with van der Waals surface area (Å²) in [4.78, 5) is 17.1. The number of hydrogen-bond donors (Lipinski definition) is 0. The largest absolute Gasteiger partial charge is 0.365 e. The standard InChI is InChI=1S/C22H25NO2/c1-14(2)17-9-11-18(12-10-17)21-13-20(21)16(4)23-25-22(24)19-7-5-15(3)6-8-19/h5-12,14,20-21H,13H2,1-4H3/b23-16-/t20-,21-/m1/s1. The average molecular weight is 335 g/mol. The third-order valence-electron chi connectivity index (χ3n) is 4.92. The number of benzene rings is 2. The van der Waals surface area contributed by atoms with E-state index in [-0.39, 0.29) is 0 Å². The number of carbonyl (C=O) groups is 1. The van der Waals surface area contributed by atoms with Crippen LogP contribution in [0.15, 0.2) is 53.7 Å². The Morgan fingerprint density at radius 2 is 1.72 bits per heavy atom. The van der Waals surface area contributed by atoms with Gasteiger partial charge in [-0.25, -0.2) is 4.79 Å². The highest BCUT2D eigenvalue weighted by Gasteiger charge is 2.40. The Balaban J connectivity index is 1.58. The van der Waals surface area contributed by atoms with Crippen LogP contribution in [0, 0.1) is 12.8 Å². The van der Waals surface area contributed by atoms with Gasteiger partial charge in [0, 0.05) is 5.92 Å². The van der Waals surface area contributed by atoms with E-state index in [1.165, 1.54) is 11.1 Å². The minimum Gasteiger partial charge on any atom is -0.313 e. The topological polar surface area (TPSA) is 38.7 Å². The van der Waals surface area contributed by atoms with E-state index in [0.29, 0.717) is 23.3 Å². The van der Waals surface area contributed by atoms with Crippen LogP contribution in [0.5, 0.6) is 0 Å². The molecule has 2 aromatic carbocycles. The van der Waals surface area contributed by atoms with Crippen molar-refractivity contribution >= 4 is 11.7 Å². The van der Waals surface area contributed by atoms with Crippen LogP contribution in [0.2, 0.25) is 0 Å². The van der Waals surface area contributed by atoms with Crippen LogP contribution >= 0.6 is 0 Å². The van der Waals surface area contributed by atoms with Gasteiger partial charge in [0.1, 0.15) is 0 Å². The zero-order valence-corrected chi connectivity index (χ0v) is 15.3. The van der Waals surface area contributed by atoms with E-state index in [1.54, 1.807) is 12.1 Å². The SMILES string of the molecule is C/C(=N/OC(=O)c1ccc(C)cc1)[C@H]1C[C@@H]1c1ccc(C(C)C)cc1. The highest BCUT2D eigenvalue weighted by molar-refractivity contribution is 5.91. The molecule has 0 bridgehead atoms. The maximum atomic E-state index is 12.0. The molecule has 130 valence electrons. The number of nitrogens with zero attached hydrogens (tertiary/aromatic N) is 1. The quantitative estimate of drug-likeness (QED) is 0.414. The first-order valence-electron chi connectivity index (χ1n) is 8.88. The third kappa shape index (κ3) is 4.16. The lowest BCUT2D eigenvalue weighted by atomic mass is 9.99. The second-order valence-corrected chi connectivity index (χ2v) is 7.25. The second-order valence-electron chi connectivity index (χ2n) is 7.25. The molecular formula is C22H25NO2. The molecular weight excluding hydrogens is 310 g/mol. The Kier molecular flexibility index (Phi) is 5.03. The lowest BCUT2D eigenvalue weighted by molar-refractivity contribution is 0.0514. The Morgan fingerprint density at radius 1 is 1.08 bits per heavy atom. The van der Waals surface area contributed by atoms with Crippen molar-refractivity contribution in [2.24, 2.45) is 11.1 Å². The highest BCUT2D eigenvalue weighted by atomic mass is 16.7. The lowest BCUT2D eigenvalue weighted by Crippen LogP contribution is -2.04. The molecule has 0 unspecified atom stereocenters. The summed E-state index contributed by atoms with van der Waals surface area (Å²) < 4.78 is 0. The molecule has 1 saturated carbocycles. The van der Waals surface area contributed by atoms with Crippen molar-refractivity contribution in [1.29, 1.82) is 0 Å². The van der Waals surface area contributed by atoms with Crippen LogP contribution in [-0.2, 0) is 4.84 Å². The third-order valence-corrected chi connectivity index (χ3v) is 4.92.